The van der Waals surface area contributed by atoms with E-state index in [2.05, 4.69) is 5.32 Å². The quantitative estimate of drug-likeness (QED) is 0.332. The molecule has 0 heterocycles. The molecule has 6 nitrogen and oxygen atoms in total. The van der Waals surface area contributed by atoms with Gasteiger partial charge in [0.1, 0.15) is 17.4 Å². The van der Waals surface area contributed by atoms with Gasteiger partial charge < -0.3 is 14.8 Å². The molecular weight excluding hydrogens is 404 g/mol. The molecule has 1 unspecified atom stereocenters. The number of hydrogen-bond acceptors (Lipinski definition) is 5. The lowest BCUT2D eigenvalue weighted by molar-refractivity contribution is -0.150. The number of anilines is 1. The van der Waals surface area contributed by atoms with Crippen molar-refractivity contribution >= 4 is 23.6 Å². The van der Waals surface area contributed by atoms with Crippen LogP contribution in [0.2, 0.25) is 0 Å². The van der Waals surface area contributed by atoms with Crippen LogP contribution >= 0.6 is 0 Å². The minimum atomic E-state index is -1.22. The summed E-state index contributed by atoms with van der Waals surface area (Å²) in [5.74, 6) is -0.758. The van der Waals surface area contributed by atoms with Gasteiger partial charge >= 0.3 is 5.97 Å². The van der Waals surface area contributed by atoms with Crippen LogP contribution in [0.3, 0.4) is 0 Å². The number of ether oxygens (including phenoxy) is 2. The van der Waals surface area contributed by atoms with Gasteiger partial charge in [-0.25, -0.2) is 4.79 Å². The average Bonchev–Trinajstić information content (AvgIpc) is 2.83. The Kier molecular flexibility index (Phi) is 7.39. The maximum Gasteiger partial charge on any atom is 0.350 e. The highest BCUT2D eigenvalue weighted by molar-refractivity contribution is 6.01. The van der Waals surface area contributed by atoms with Crippen LogP contribution in [0.15, 0.2) is 84.4 Å². The monoisotopic (exact) mass is 426 g/mol. The van der Waals surface area contributed by atoms with E-state index in [-0.39, 0.29) is 5.57 Å². The molecule has 0 bridgehead atoms. The number of methoxy groups -OCH3 is 1. The highest BCUT2D eigenvalue weighted by atomic mass is 16.5. The lowest BCUT2D eigenvalue weighted by atomic mass is 10.1. The number of nitriles is 1. The summed E-state index contributed by atoms with van der Waals surface area (Å²) in [6, 6.07) is 24.6. The molecule has 0 aliphatic rings. The number of nitrogens with one attached hydrogen (secondary N) is 1. The van der Waals surface area contributed by atoms with Crippen LogP contribution in [0.5, 0.6) is 5.75 Å². The molecule has 32 heavy (non-hydrogen) atoms. The SMILES string of the molecule is COc1ccc(/C=C(\C#N)C(=O)OC(C(=O)Nc2ccc(C)cc2)c2ccccc2)cc1. The Morgan fingerprint density at radius 1 is 0.969 bits per heavy atom. The summed E-state index contributed by atoms with van der Waals surface area (Å²) >= 11 is 0. The molecule has 0 aliphatic carbocycles. The number of amides is 1. The van der Waals surface area contributed by atoms with Gasteiger partial charge in [0, 0.05) is 11.3 Å². The molecule has 0 fully saturated rings. The molecule has 6 heteroatoms. The van der Waals surface area contributed by atoms with Crippen molar-refractivity contribution < 1.29 is 19.1 Å². The molecule has 3 aromatic rings. The molecule has 0 saturated carbocycles. The molecule has 1 atom stereocenters. The standard InChI is InChI=1S/C26H22N2O4/c1-18-8-12-22(13-9-18)28-25(29)24(20-6-4-3-5-7-20)32-26(30)21(17-27)16-19-10-14-23(31-2)15-11-19/h3-16,24H,1-2H3,(H,28,29)/b21-16+. The Bertz CT molecular complexity index is 1150. The number of carbonyl (C=O) groups is 2. The van der Waals surface area contributed by atoms with E-state index in [1.807, 2.05) is 25.1 Å². The van der Waals surface area contributed by atoms with Crippen molar-refractivity contribution in [2.45, 2.75) is 13.0 Å². The van der Waals surface area contributed by atoms with E-state index in [0.717, 1.165) is 5.56 Å². The van der Waals surface area contributed by atoms with E-state index in [4.69, 9.17) is 9.47 Å². The third-order valence-electron chi connectivity index (χ3n) is 4.65. The maximum atomic E-state index is 13.0. The molecule has 3 aromatic carbocycles. The van der Waals surface area contributed by atoms with Crippen molar-refractivity contribution in [3.05, 3.63) is 101 Å². The van der Waals surface area contributed by atoms with E-state index in [9.17, 15) is 14.9 Å². The molecule has 0 aliphatic heterocycles. The second kappa shape index (κ2) is 10.6. The van der Waals surface area contributed by atoms with Crippen molar-refractivity contribution in [2.24, 2.45) is 0 Å². The summed E-state index contributed by atoms with van der Waals surface area (Å²) in [7, 11) is 1.55. The predicted molar refractivity (Wildman–Crippen MR) is 122 cm³/mol. The fourth-order valence-electron chi connectivity index (χ4n) is 2.92. The van der Waals surface area contributed by atoms with Crippen LogP contribution < -0.4 is 10.1 Å². The number of benzene rings is 3. The first-order valence-electron chi connectivity index (χ1n) is 9.89. The fourth-order valence-corrected chi connectivity index (χ4v) is 2.92. The van der Waals surface area contributed by atoms with E-state index >= 15 is 0 Å². The molecule has 1 amide bonds. The Balaban J connectivity index is 1.83. The first-order chi connectivity index (χ1) is 15.5. The minimum Gasteiger partial charge on any atom is -0.497 e. The van der Waals surface area contributed by atoms with Crippen molar-refractivity contribution in [3.8, 4) is 11.8 Å². The highest BCUT2D eigenvalue weighted by Crippen LogP contribution is 2.22. The number of esters is 1. The number of aryl methyl sites for hydroxylation is 1. The van der Waals surface area contributed by atoms with Crippen LogP contribution in [-0.4, -0.2) is 19.0 Å². The van der Waals surface area contributed by atoms with Gasteiger partial charge in [-0.1, -0.05) is 60.2 Å². The summed E-state index contributed by atoms with van der Waals surface area (Å²) in [6.45, 7) is 1.94. The second-order valence-corrected chi connectivity index (χ2v) is 6.99. The van der Waals surface area contributed by atoms with Crippen molar-refractivity contribution in [1.82, 2.24) is 0 Å². The number of hydrogen-bond donors (Lipinski definition) is 1. The summed E-state index contributed by atoms with van der Waals surface area (Å²) in [6.07, 6.45) is 0.180. The van der Waals surface area contributed by atoms with Crippen LogP contribution in [0.4, 0.5) is 5.69 Å². The van der Waals surface area contributed by atoms with E-state index < -0.39 is 18.0 Å². The summed E-state index contributed by atoms with van der Waals surface area (Å²) in [5.41, 5.74) is 2.52. The second-order valence-electron chi connectivity index (χ2n) is 6.99. The van der Waals surface area contributed by atoms with E-state index in [1.54, 1.807) is 73.8 Å². The molecule has 3 rings (SSSR count). The van der Waals surface area contributed by atoms with Crippen LogP contribution in [-0.2, 0) is 14.3 Å². The molecule has 0 radical (unpaired) electrons. The predicted octanol–water partition coefficient (Wildman–Crippen LogP) is 4.83. The third-order valence-corrected chi connectivity index (χ3v) is 4.65. The first-order valence-corrected chi connectivity index (χ1v) is 9.89. The average molecular weight is 426 g/mol. The van der Waals surface area contributed by atoms with Gasteiger partial charge in [-0.05, 0) is 42.8 Å². The topological polar surface area (TPSA) is 88.4 Å². The minimum absolute atomic E-state index is 0.223. The Morgan fingerprint density at radius 3 is 2.22 bits per heavy atom. The van der Waals surface area contributed by atoms with Crippen LogP contribution in [0.1, 0.15) is 22.8 Å². The van der Waals surface area contributed by atoms with Crippen molar-refractivity contribution in [1.29, 1.82) is 5.26 Å². The Hall–Kier alpha value is -4.37. The van der Waals surface area contributed by atoms with Gasteiger partial charge in [0.05, 0.1) is 7.11 Å². The first kappa shape index (κ1) is 22.3. The van der Waals surface area contributed by atoms with Gasteiger partial charge in [0.2, 0.25) is 6.10 Å². The lowest BCUT2D eigenvalue weighted by Gasteiger charge is -2.18. The zero-order valence-corrected chi connectivity index (χ0v) is 17.7. The van der Waals surface area contributed by atoms with Gasteiger partial charge in [-0.15, -0.1) is 0 Å². The summed E-state index contributed by atoms with van der Waals surface area (Å²) in [5, 5.41) is 12.3. The number of carbonyl (C=O) groups excluding carboxylic acids is 2. The zero-order chi connectivity index (χ0) is 22.9. The fraction of sp³-hybridized carbons (Fsp3) is 0.115. The van der Waals surface area contributed by atoms with Crippen LogP contribution in [0, 0.1) is 18.3 Å². The summed E-state index contributed by atoms with van der Waals surface area (Å²) in [4.78, 5) is 25.7. The molecule has 0 aromatic heterocycles. The molecular formula is C26H22N2O4. The Labute approximate surface area is 186 Å². The van der Waals surface area contributed by atoms with E-state index in [0.29, 0.717) is 22.6 Å². The largest absolute Gasteiger partial charge is 0.497 e. The van der Waals surface area contributed by atoms with Gasteiger partial charge in [-0.2, -0.15) is 5.26 Å². The number of nitrogens with zero attached hydrogens (tertiary/aromatic N) is 1. The smallest absolute Gasteiger partial charge is 0.350 e. The maximum absolute atomic E-state index is 13.0. The summed E-state index contributed by atoms with van der Waals surface area (Å²) < 4.78 is 10.6. The van der Waals surface area contributed by atoms with Crippen molar-refractivity contribution in [3.63, 3.8) is 0 Å². The molecule has 0 spiro atoms. The molecule has 1 N–H and O–H groups in total. The lowest BCUT2D eigenvalue weighted by Crippen LogP contribution is -2.26. The van der Waals surface area contributed by atoms with Gasteiger partial charge in [-0.3, -0.25) is 4.79 Å². The molecule has 0 saturated heterocycles. The third kappa shape index (κ3) is 5.83. The number of rotatable bonds is 7. The van der Waals surface area contributed by atoms with Crippen LogP contribution in [0.25, 0.3) is 6.08 Å². The highest BCUT2D eigenvalue weighted by Gasteiger charge is 2.26. The van der Waals surface area contributed by atoms with E-state index in [1.165, 1.54) is 6.08 Å². The molecule has 160 valence electrons. The van der Waals surface area contributed by atoms with Crippen molar-refractivity contribution in [2.75, 3.05) is 12.4 Å². The zero-order valence-electron chi connectivity index (χ0n) is 17.7. The van der Waals surface area contributed by atoms with Gasteiger partial charge in [0.15, 0.2) is 0 Å². The van der Waals surface area contributed by atoms with Gasteiger partial charge in [0.25, 0.3) is 5.91 Å². The Morgan fingerprint density at radius 2 is 1.62 bits per heavy atom. The normalized spacial score (nSPS) is 11.7.